The van der Waals surface area contributed by atoms with Gasteiger partial charge in [-0.25, -0.2) is 0 Å². The fraction of sp³-hybridized carbons (Fsp3) is 0.578. The molecule has 0 N–H and O–H groups in total. The monoisotopic (exact) mass is 812 g/mol. The van der Waals surface area contributed by atoms with Crippen molar-refractivity contribution in [3.63, 3.8) is 0 Å². The fourth-order valence-electron chi connectivity index (χ4n) is 5.78. The Hall–Kier alpha value is -2.35. The third-order valence-electron chi connectivity index (χ3n) is 11.6. The van der Waals surface area contributed by atoms with Gasteiger partial charge in [-0.2, -0.15) is 0 Å². The lowest BCUT2D eigenvalue weighted by Gasteiger charge is -2.50. The molecule has 3 aromatic carbocycles. The van der Waals surface area contributed by atoms with Crippen molar-refractivity contribution in [3.05, 3.63) is 102 Å². The molecule has 3 rings (SSSR count). The summed E-state index contributed by atoms with van der Waals surface area (Å²) in [5.41, 5.74) is 2.07. The van der Waals surface area contributed by atoms with Crippen molar-refractivity contribution >= 4 is 34.0 Å². The minimum absolute atomic E-state index is 0.0286. The van der Waals surface area contributed by atoms with Crippen LogP contribution in [0, 0.1) is 5.41 Å². The van der Waals surface area contributed by atoms with E-state index in [1.165, 1.54) is 0 Å². The zero-order valence-electron chi connectivity index (χ0n) is 36.0. The number of halogens is 1. The maximum Gasteiger partial charge on any atom is 0.192 e. The van der Waals surface area contributed by atoms with E-state index in [1.807, 2.05) is 72.8 Å². The molecule has 0 bridgehead atoms. The fourth-order valence-corrected chi connectivity index (χ4v) is 8.34. The first kappa shape index (κ1) is 47.0. The lowest BCUT2D eigenvalue weighted by molar-refractivity contribution is -0.189. The third kappa shape index (κ3) is 13.4. The minimum atomic E-state index is -2.56. The van der Waals surface area contributed by atoms with Gasteiger partial charge in [-0.3, -0.25) is 4.79 Å². The second kappa shape index (κ2) is 19.9. The number of carbonyl (C=O) groups excluding carboxylic acids is 1. The molecular formula is C45H69ClO7Si2. The number of ether oxygens (including phenoxy) is 4. The van der Waals surface area contributed by atoms with Gasteiger partial charge >= 0.3 is 0 Å². The molecular weight excluding hydrogens is 744 g/mol. The average molecular weight is 814 g/mol. The molecule has 0 aliphatic heterocycles. The van der Waals surface area contributed by atoms with Gasteiger partial charge in [0, 0.05) is 5.41 Å². The van der Waals surface area contributed by atoms with Crippen molar-refractivity contribution < 1.29 is 32.6 Å². The lowest BCUT2D eigenvalue weighted by atomic mass is 9.75. The Morgan fingerprint density at radius 3 is 1.55 bits per heavy atom. The summed E-state index contributed by atoms with van der Waals surface area (Å²) in [4.78, 5) is 14.4. The van der Waals surface area contributed by atoms with Gasteiger partial charge in [0.25, 0.3) is 0 Å². The maximum absolute atomic E-state index is 14.4. The van der Waals surface area contributed by atoms with Crippen LogP contribution >= 0.6 is 11.6 Å². The average Bonchev–Trinajstić information content (AvgIpc) is 3.11. The molecule has 5 atom stereocenters. The van der Waals surface area contributed by atoms with Crippen molar-refractivity contribution in [3.8, 4) is 5.75 Å². The molecule has 0 saturated heterocycles. The van der Waals surface area contributed by atoms with E-state index in [4.69, 9.17) is 39.4 Å². The smallest absolute Gasteiger partial charge is 0.192 e. The van der Waals surface area contributed by atoms with Gasteiger partial charge in [0.1, 0.15) is 18.0 Å². The summed E-state index contributed by atoms with van der Waals surface area (Å²) in [7, 11) is -3.15. The first-order valence-corrected chi connectivity index (χ1v) is 25.8. The molecule has 306 valence electrons. The number of ketones is 1. The third-order valence-corrected chi connectivity index (χ3v) is 20.7. The van der Waals surface area contributed by atoms with Crippen LogP contribution in [0.3, 0.4) is 0 Å². The van der Waals surface area contributed by atoms with Crippen LogP contribution in [0.1, 0.15) is 79.0 Å². The number of carbonyl (C=O) groups is 1. The standard InChI is InChI=1S/C45H69ClO7Si2/c1-33(46)39(47)40(50-30-35-23-19-16-20-24-35)42(53-55(13,14)44(5,6)7)45(8,9)41(51-31-36-25-27-37(48-10)28-26-36)38(32-52-54(11,12)43(2,3)4)49-29-34-21-17-15-18-22-34/h15-28,33,38,40-42H,29-32H2,1-14H3/t33-,38-,40-,41-,42-/m0/s1. The first-order valence-electron chi connectivity index (χ1n) is 19.6. The molecule has 0 aliphatic rings. The molecule has 0 radical (unpaired) electrons. The van der Waals surface area contributed by atoms with Crippen LogP contribution in [-0.2, 0) is 47.7 Å². The Morgan fingerprint density at radius 2 is 1.09 bits per heavy atom. The van der Waals surface area contributed by atoms with Crippen molar-refractivity contribution in [1.29, 1.82) is 0 Å². The van der Waals surface area contributed by atoms with Crippen molar-refractivity contribution in [2.45, 2.75) is 148 Å². The van der Waals surface area contributed by atoms with Crippen LogP contribution in [0.25, 0.3) is 0 Å². The molecule has 3 aromatic rings. The van der Waals surface area contributed by atoms with Crippen molar-refractivity contribution in [1.82, 2.24) is 0 Å². The largest absolute Gasteiger partial charge is 0.497 e. The van der Waals surface area contributed by atoms with E-state index in [2.05, 4.69) is 93.7 Å². The van der Waals surface area contributed by atoms with Gasteiger partial charge in [-0.15, -0.1) is 11.6 Å². The normalized spacial score (nSPS) is 15.9. The topological polar surface area (TPSA) is 72.5 Å². The van der Waals surface area contributed by atoms with E-state index in [1.54, 1.807) is 14.0 Å². The Kier molecular flexibility index (Phi) is 17.0. The van der Waals surface area contributed by atoms with Gasteiger partial charge in [-0.05, 0) is 72.0 Å². The predicted octanol–water partition coefficient (Wildman–Crippen LogP) is 11.4. The zero-order chi connectivity index (χ0) is 41.2. The van der Waals surface area contributed by atoms with Crippen LogP contribution in [0.5, 0.6) is 5.75 Å². The number of Topliss-reactive ketones (excluding diaryl/α,β-unsaturated/α-hetero) is 1. The highest BCUT2D eigenvalue weighted by atomic mass is 35.5. The number of rotatable bonds is 21. The Bertz CT molecular complexity index is 1580. The summed E-state index contributed by atoms with van der Waals surface area (Å²) >= 11 is 6.67. The Morgan fingerprint density at radius 1 is 0.636 bits per heavy atom. The van der Waals surface area contributed by atoms with Gasteiger partial charge in [-0.1, -0.05) is 128 Å². The van der Waals surface area contributed by atoms with E-state index in [0.717, 1.165) is 22.4 Å². The molecule has 10 heteroatoms. The molecule has 0 spiro atoms. The highest BCUT2D eigenvalue weighted by Crippen LogP contribution is 2.45. The molecule has 0 saturated carbocycles. The van der Waals surface area contributed by atoms with Crippen LogP contribution in [0.4, 0.5) is 0 Å². The van der Waals surface area contributed by atoms with E-state index in [-0.39, 0.29) is 29.1 Å². The second-order valence-electron chi connectivity index (χ2n) is 18.3. The zero-order valence-corrected chi connectivity index (χ0v) is 38.8. The van der Waals surface area contributed by atoms with E-state index in [0.29, 0.717) is 13.2 Å². The number of hydrogen-bond acceptors (Lipinski definition) is 7. The Labute approximate surface area is 340 Å². The molecule has 0 unspecified atom stereocenters. The SMILES string of the molecule is COc1ccc(CO[C@@H]([C@H](CO[Si](C)(C)C(C)(C)C)OCc2ccccc2)C(C)(C)[C@@H](O[Si](C)(C)C(C)(C)C)[C@@H](OCc2ccccc2)C(=O)[C@H](C)Cl)cc1. The summed E-state index contributed by atoms with van der Waals surface area (Å²) in [5, 5.41) is -1.01. The van der Waals surface area contributed by atoms with Crippen molar-refractivity contribution in [2.75, 3.05) is 13.7 Å². The second-order valence-corrected chi connectivity index (χ2v) is 28.6. The van der Waals surface area contributed by atoms with Gasteiger partial charge < -0.3 is 27.8 Å². The molecule has 0 amide bonds. The van der Waals surface area contributed by atoms with Gasteiger partial charge in [0.05, 0.1) is 51.1 Å². The van der Waals surface area contributed by atoms with Crippen molar-refractivity contribution in [2.24, 2.45) is 5.41 Å². The summed E-state index contributed by atoms with van der Waals surface area (Å²) < 4.78 is 40.5. The van der Waals surface area contributed by atoms with Crippen LogP contribution < -0.4 is 4.74 Å². The van der Waals surface area contributed by atoms with Crippen LogP contribution in [-0.4, -0.2) is 65.9 Å². The van der Waals surface area contributed by atoms with E-state index in [9.17, 15) is 4.79 Å². The van der Waals surface area contributed by atoms with Gasteiger partial charge in [0.2, 0.25) is 0 Å². The summed E-state index contributed by atoms with van der Waals surface area (Å²) in [6.07, 6.45) is -2.94. The first-order chi connectivity index (χ1) is 25.5. The number of methoxy groups -OCH3 is 1. The minimum Gasteiger partial charge on any atom is -0.497 e. The summed E-state index contributed by atoms with van der Waals surface area (Å²) in [6.45, 7) is 29.3. The van der Waals surface area contributed by atoms with E-state index < -0.39 is 51.8 Å². The number of hydrogen-bond donors (Lipinski definition) is 0. The molecule has 0 heterocycles. The quantitative estimate of drug-likeness (QED) is 0.0783. The van der Waals surface area contributed by atoms with E-state index >= 15 is 0 Å². The maximum atomic E-state index is 14.4. The lowest BCUT2D eigenvalue weighted by Crippen LogP contribution is -2.61. The van der Waals surface area contributed by atoms with Crippen LogP contribution in [0.15, 0.2) is 84.9 Å². The molecule has 55 heavy (non-hydrogen) atoms. The summed E-state index contributed by atoms with van der Waals surface area (Å²) in [6, 6.07) is 27.9. The van der Waals surface area contributed by atoms with Crippen LogP contribution in [0.2, 0.25) is 36.3 Å². The Balaban J connectivity index is 2.24. The van der Waals surface area contributed by atoms with Gasteiger partial charge in [0.15, 0.2) is 22.4 Å². The molecule has 0 fully saturated rings. The molecule has 0 aromatic heterocycles. The molecule has 0 aliphatic carbocycles. The molecule has 7 nitrogen and oxygen atoms in total. The summed E-state index contributed by atoms with van der Waals surface area (Å²) in [5.74, 6) is 0.532. The predicted molar refractivity (Wildman–Crippen MR) is 231 cm³/mol. The number of benzene rings is 3. The highest BCUT2D eigenvalue weighted by Gasteiger charge is 2.53. The highest BCUT2D eigenvalue weighted by molar-refractivity contribution is 6.74. The number of alkyl halides is 1.